The SMILES string of the molecule is COC(=O)CC(NC(=O)C1CCCC(N)C1)c1ccccc1.Cl. The highest BCUT2D eigenvalue weighted by molar-refractivity contribution is 5.85. The summed E-state index contributed by atoms with van der Waals surface area (Å²) in [6.07, 6.45) is 3.66. The number of benzene rings is 1. The number of nitrogens with one attached hydrogen (secondary N) is 1. The van der Waals surface area contributed by atoms with Crippen molar-refractivity contribution in [3.63, 3.8) is 0 Å². The van der Waals surface area contributed by atoms with Crippen molar-refractivity contribution in [3.05, 3.63) is 35.9 Å². The van der Waals surface area contributed by atoms with E-state index in [0.29, 0.717) is 6.42 Å². The number of ether oxygens (including phenoxy) is 1. The third-order valence-corrected chi connectivity index (χ3v) is 4.20. The number of halogens is 1. The van der Waals surface area contributed by atoms with E-state index in [1.807, 2.05) is 30.3 Å². The molecule has 0 bridgehead atoms. The summed E-state index contributed by atoms with van der Waals surface area (Å²) in [7, 11) is 1.35. The number of hydrogen-bond acceptors (Lipinski definition) is 4. The van der Waals surface area contributed by atoms with Crippen LogP contribution >= 0.6 is 12.4 Å². The van der Waals surface area contributed by atoms with E-state index < -0.39 is 0 Å². The fourth-order valence-corrected chi connectivity index (χ4v) is 2.94. The van der Waals surface area contributed by atoms with Gasteiger partial charge in [0.15, 0.2) is 0 Å². The first-order chi connectivity index (χ1) is 10.6. The molecule has 5 nitrogen and oxygen atoms in total. The summed E-state index contributed by atoms with van der Waals surface area (Å²) in [5.74, 6) is -0.421. The molecule has 0 aliphatic heterocycles. The summed E-state index contributed by atoms with van der Waals surface area (Å²) < 4.78 is 4.74. The Labute approximate surface area is 143 Å². The van der Waals surface area contributed by atoms with Crippen molar-refractivity contribution >= 4 is 24.3 Å². The third kappa shape index (κ3) is 5.84. The molecule has 3 N–H and O–H groups in total. The second-order valence-electron chi connectivity index (χ2n) is 5.88. The Balaban J connectivity index is 0.00000264. The van der Waals surface area contributed by atoms with Crippen LogP contribution in [0, 0.1) is 5.92 Å². The number of nitrogens with two attached hydrogens (primary N) is 1. The van der Waals surface area contributed by atoms with E-state index in [2.05, 4.69) is 5.32 Å². The smallest absolute Gasteiger partial charge is 0.307 e. The van der Waals surface area contributed by atoms with E-state index in [1.165, 1.54) is 7.11 Å². The van der Waals surface area contributed by atoms with Crippen molar-refractivity contribution in [1.82, 2.24) is 5.32 Å². The first kappa shape index (κ1) is 19.5. The van der Waals surface area contributed by atoms with Crippen LogP contribution in [0.25, 0.3) is 0 Å². The average Bonchev–Trinajstić information content (AvgIpc) is 2.54. The fraction of sp³-hybridized carbons (Fsp3) is 0.529. The number of hydrogen-bond donors (Lipinski definition) is 2. The van der Waals surface area contributed by atoms with E-state index >= 15 is 0 Å². The summed E-state index contributed by atoms with van der Waals surface area (Å²) in [4.78, 5) is 24.1. The van der Waals surface area contributed by atoms with Crippen LogP contribution < -0.4 is 11.1 Å². The van der Waals surface area contributed by atoms with Crippen molar-refractivity contribution in [3.8, 4) is 0 Å². The van der Waals surface area contributed by atoms with Crippen LogP contribution in [-0.2, 0) is 14.3 Å². The Hall–Kier alpha value is -1.59. The molecule has 6 heteroatoms. The predicted octanol–water partition coefficient (Wildman–Crippen LogP) is 2.35. The molecule has 1 aromatic carbocycles. The van der Waals surface area contributed by atoms with Gasteiger partial charge in [-0.05, 0) is 24.8 Å². The molecule has 128 valence electrons. The number of carbonyl (C=O) groups is 2. The van der Waals surface area contributed by atoms with Crippen LogP contribution in [0.5, 0.6) is 0 Å². The summed E-state index contributed by atoms with van der Waals surface area (Å²) >= 11 is 0. The van der Waals surface area contributed by atoms with Gasteiger partial charge in [0.05, 0.1) is 19.6 Å². The maximum Gasteiger partial charge on any atom is 0.307 e. The van der Waals surface area contributed by atoms with Gasteiger partial charge in [-0.25, -0.2) is 0 Å². The lowest BCUT2D eigenvalue weighted by Gasteiger charge is -2.28. The number of carbonyl (C=O) groups excluding carboxylic acids is 2. The minimum Gasteiger partial charge on any atom is -0.469 e. The normalized spacial score (nSPS) is 21.7. The lowest BCUT2D eigenvalue weighted by molar-refractivity contribution is -0.141. The summed E-state index contributed by atoms with van der Waals surface area (Å²) in [5.41, 5.74) is 6.86. The standard InChI is InChI=1S/C17H24N2O3.ClH/c1-22-16(20)11-15(12-6-3-2-4-7-12)19-17(21)13-8-5-9-14(18)10-13;/h2-4,6-7,13-15H,5,8-11,18H2,1H3,(H,19,21);1H. The molecule has 23 heavy (non-hydrogen) atoms. The molecule has 0 spiro atoms. The van der Waals surface area contributed by atoms with Crippen molar-refractivity contribution in [2.24, 2.45) is 11.7 Å². The van der Waals surface area contributed by atoms with Gasteiger partial charge in [0.2, 0.25) is 5.91 Å². The Morgan fingerprint density at radius 3 is 2.61 bits per heavy atom. The van der Waals surface area contributed by atoms with Crippen LogP contribution in [0.15, 0.2) is 30.3 Å². The first-order valence-electron chi connectivity index (χ1n) is 7.78. The maximum absolute atomic E-state index is 12.5. The molecule has 1 saturated carbocycles. The van der Waals surface area contributed by atoms with E-state index in [9.17, 15) is 9.59 Å². The maximum atomic E-state index is 12.5. The predicted molar refractivity (Wildman–Crippen MR) is 91.1 cm³/mol. The molecule has 3 unspecified atom stereocenters. The molecule has 1 aliphatic rings. The topological polar surface area (TPSA) is 81.4 Å². The van der Waals surface area contributed by atoms with Gasteiger partial charge < -0.3 is 15.8 Å². The molecule has 2 rings (SSSR count). The minimum atomic E-state index is -0.362. The van der Waals surface area contributed by atoms with Gasteiger partial charge in [0, 0.05) is 12.0 Å². The molecule has 0 radical (unpaired) electrons. The average molecular weight is 341 g/mol. The van der Waals surface area contributed by atoms with Crippen LogP contribution in [0.1, 0.15) is 43.7 Å². The highest BCUT2D eigenvalue weighted by Gasteiger charge is 2.28. The van der Waals surface area contributed by atoms with Gasteiger partial charge in [0.25, 0.3) is 0 Å². The van der Waals surface area contributed by atoms with Crippen LogP contribution in [0.3, 0.4) is 0 Å². The Bertz CT molecular complexity index is 510. The molecular weight excluding hydrogens is 316 g/mol. The molecule has 0 saturated heterocycles. The van der Waals surface area contributed by atoms with Crippen LogP contribution in [0.2, 0.25) is 0 Å². The van der Waals surface area contributed by atoms with E-state index in [1.54, 1.807) is 0 Å². The number of methoxy groups -OCH3 is 1. The van der Waals surface area contributed by atoms with E-state index in [4.69, 9.17) is 10.5 Å². The Morgan fingerprint density at radius 2 is 2.00 bits per heavy atom. The quantitative estimate of drug-likeness (QED) is 0.806. The number of esters is 1. The van der Waals surface area contributed by atoms with Gasteiger partial charge in [-0.2, -0.15) is 0 Å². The molecule has 1 aliphatic carbocycles. The van der Waals surface area contributed by atoms with Gasteiger partial charge in [0.1, 0.15) is 0 Å². The fourth-order valence-electron chi connectivity index (χ4n) is 2.94. The zero-order chi connectivity index (χ0) is 15.9. The van der Waals surface area contributed by atoms with Gasteiger partial charge in [-0.15, -0.1) is 12.4 Å². The van der Waals surface area contributed by atoms with E-state index in [0.717, 1.165) is 24.8 Å². The third-order valence-electron chi connectivity index (χ3n) is 4.20. The number of amides is 1. The van der Waals surface area contributed by atoms with Crippen molar-refractivity contribution in [1.29, 1.82) is 0 Å². The van der Waals surface area contributed by atoms with Gasteiger partial charge >= 0.3 is 5.97 Å². The monoisotopic (exact) mass is 340 g/mol. The highest BCUT2D eigenvalue weighted by Crippen LogP contribution is 2.25. The minimum absolute atomic E-state index is 0. The lowest BCUT2D eigenvalue weighted by atomic mass is 9.85. The molecule has 1 amide bonds. The van der Waals surface area contributed by atoms with Gasteiger partial charge in [-0.1, -0.05) is 36.8 Å². The molecule has 1 aromatic rings. The first-order valence-corrected chi connectivity index (χ1v) is 7.78. The van der Waals surface area contributed by atoms with Crippen molar-refractivity contribution in [2.45, 2.75) is 44.2 Å². The summed E-state index contributed by atoms with van der Waals surface area (Å²) in [6, 6.07) is 9.23. The number of rotatable bonds is 5. The lowest BCUT2D eigenvalue weighted by Crippen LogP contribution is -2.39. The van der Waals surface area contributed by atoms with Crippen molar-refractivity contribution < 1.29 is 14.3 Å². The molecular formula is C17H25ClN2O3. The second-order valence-corrected chi connectivity index (χ2v) is 5.88. The summed E-state index contributed by atoms with van der Waals surface area (Å²) in [5, 5.41) is 2.99. The Morgan fingerprint density at radius 1 is 1.30 bits per heavy atom. The zero-order valence-electron chi connectivity index (χ0n) is 13.4. The Kier molecular flexibility index (Phi) is 8.06. The van der Waals surface area contributed by atoms with E-state index in [-0.39, 0.29) is 48.7 Å². The van der Waals surface area contributed by atoms with Gasteiger partial charge in [-0.3, -0.25) is 9.59 Å². The molecule has 0 heterocycles. The summed E-state index contributed by atoms with van der Waals surface area (Å²) in [6.45, 7) is 0. The van der Waals surface area contributed by atoms with Crippen LogP contribution in [-0.4, -0.2) is 25.0 Å². The second kappa shape index (κ2) is 9.53. The molecule has 1 fully saturated rings. The zero-order valence-corrected chi connectivity index (χ0v) is 14.2. The van der Waals surface area contributed by atoms with Crippen LogP contribution in [0.4, 0.5) is 0 Å². The molecule has 0 aromatic heterocycles. The molecule has 3 atom stereocenters. The largest absolute Gasteiger partial charge is 0.469 e. The highest BCUT2D eigenvalue weighted by atomic mass is 35.5. The van der Waals surface area contributed by atoms with Crippen molar-refractivity contribution in [2.75, 3.05) is 7.11 Å².